The summed E-state index contributed by atoms with van der Waals surface area (Å²) in [6, 6.07) is 19.9. The summed E-state index contributed by atoms with van der Waals surface area (Å²) in [6.07, 6.45) is 2.41. The third-order valence-electron chi connectivity index (χ3n) is 8.12. The zero-order chi connectivity index (χ0) is 26.2. The van der Waals surface area contributed by atoms with Gasteiger partial charge in [-0.2, -0.15) is 0 Å². The number of fused-ring (bicyclic) bond motifs is 5. The van der Waals surface area contributed by atoms with Gasteiger partial charge in [0.1, 0.15) is 11.3 Å². The fraction of sp³-hybridized carbons (Fsp3) is 0.207. The van der Waals surface area contributed by atoms with Gasteiger partial charge in [-0.15, -0.1) is 0 Å². The van der Waals surface area contributed by atoms with Crippen molar-refractivity contribution in [2.75, 3.05) is 17.3 Å². The van der Waals surface area contributed by atoms with Gasteiger partial charge < -0.3 is 15.0 Å². The summed E-state index contributed by atoms with van der Waals surface area (Å²) < 4.78 is 6.04. The molecule has 38 heavy (non-hydrogen) atoms. The number of carbonyl (C=O) groups excluding carboxylic acids is 3. The molecule has 0 unspecified atom stereocenters. The van der Waals surface area contributed by atoms with E-state index < -0.39 is 23.4 Å². The third kappa shape index (κ3) is 3.09. The number of carbonyl (C=O) groups is 3. The minimum Gasteiger partial charge on any atom is -0.497 e. The predicted molar refractivity (Wildman–Crippen MR) is 146 cm³/mol. The highest BCUT2D eigenvalue weighted by Gasteiger charge is 2.70. The first-order valence-corrected chi connectivity index (χ1v) is 13.2. The molecule has 4 aromatic rings. The van der Waals surface area contributed by atoms with Gasteiger partial charge in [-0.25, -0.2) is 4.90 Å². The topological polar surface area (TPSA) is 104 Å². The summed E-state index contributed by atoms with van der Waals surface area (Å²) in [5.41, 5.74) is 2.42. The van der Waals surface area contributed by atoms with Crippen LogP contribution in [0.1, 0.15) is 11.1 Å². The van der Waals surface area contributed by atoms with Crippen LogP contribution in [0.15, 0.2) is 77.4 Å². The van der Waals surface area contributed by atoms with E-state index in [2.05, 4.69) is 31.5 Å². The van der Waals surface area contributed by atoms with Crippen molar-refractivity contribution in [2.24, 2.45) is 11.8 Å². The fourth-order valence-electron chi connectivity index (χ4n) is 6.47. The van der Waals surface area contributed by atoms with Crippen molar-refractivity contribution >= 4 is 55.9 Å². The van der Waals surface area contributed by atoms with E-state index in [1.54, 1.807) is 31.4 Å². The number of para-hydroxylation sites is 1. The number of halogens is 1. The molecule has 0 aliphatic carbocycles. The Morgan fingerprint density at radius 2 is 1.79 bits per heavy atom. The minimum atomic E-state index is -1.37. The number of aromatic nitrogens is 1. The molecule has 2 fully saturated rings. The Bertz CT molecular complexity index is 1650. The number of methoxy groups -OCH3 is 1. The highest BCUT2D eigenvalue weighted by atomic mass is 79.9. The van der Waals surface area contributed by atoms with Crippen LogP contribution >= 0.6 is 15.9 Å². The van der Waals surface area contributed by atoms with Gasteiger partial charge in [0.15, 0.2) is 0 Å². The Hall–Kier alpha value is -3.95. The molecule has 0 saturated carbocycles. The van der Waals surface area contributed by atoms with E-state index in [1.165, 1.54) is 4.90 Å². The average molecular weight is 571 g/mol. The van der Waals surface area contributed by atoms with E-state index in [0.29, 0.717) is 29.1 Å². The fourth-order valence-corrected chi connectivity index (χ4v) is 6.83. The molecule has 3 amide bonds. The van der Waals surface area contributed by atoms with Gasteiger partial charge in [0, 0.05) is 38.9 Å². The molecule has 9 heteroatoms. The Balaban J connectivity index is 1.37. The van der Waals surface area contributed by atoms with Crippen molar-refractivity contribution in [1.82, 2.24) is 10.3 Å². The zero-order valence-corrected chi connectivity index (χ0v) is 21.9. The van der Waals surface area contributed by atoms with Gasteiger partial charge >= 0.3 is 0 Å². The van der Waals surface area contributed by atoms with Crippen LogP contribution in [-0.2, 0) is 26.3 Å². The van der Waals surface area contributed by atoms with Gasteiger partial charge in [0.2, 0.25) is 17.7 Å². The zero-order valence-electron chi connectivity index (χ0n) is 20.3. The van der Waals surface area contributed by atoms with E-state index in [0.717, 1.165) is 20.9 Å². The van der Waals surface area contributed by atoms with Crippen LogP contribution in [0, 0.1) is 11.8 Å². The smallest absolute Gasteiger partial charge is 0.250 e. The van der Waals surface area contributed by atoms with Crippen molar-refractivity contribution in [2.45, 2.75) is 18.0 Å². The van der Waals surface area contributed by atoms with Crippen LogP contribution in [0.2, 0.25) is 0 Å². The maximum atomic E-state index is 14.2. The number of nitrogens with zero attached hydrogens (tertiary/aromatic N) is 1. The van der Waals surface area contributed by atoms with E-state index >= 15 is 0 Å². The second-order valence-electron chi connectivity index (χ2n) is 9.98. The molecule has 2 saturated heterocycles. The molecule has 7 rings (SSSR count). The number of hydrogen-bond donors (Lipinski definition) is 3. The molecule has 4 heterocycles. The molecule has 3 aliphatic heterocycles. The van der Waals surface area contributed by atoms with E-state index in [4.69, 9.17) is 4.74 Å². The number of rotatable bonds is 4. The number of aromatic amines is 1. The number of H-pyrrole nitrogens is 1. The first kappa shape index (κ1) is 23.2. The molecule has 3 N–H and O–H groups in total. The molecule has 0 bridgehead atoms. The van der Waals surface area contributed by atoms with Crippen LogP contribution in [0.3, 0.4) is 0 Å². The Kier molecular flexibility index (Phi) is 5.05. The number of imide groups is 1. The quantitative estimate of drug-likeness (QED) is 0.320. The van der Waals surface area contributed by atoms with Crippen LogP contribution in [0.5, 0.6) is 5.75 Å². The highest BCUT2D eigenvalue weighted by molar-refractivity contribution is 9.10. The number of anilines is 2. The Labute approximate surface area is 226 Å². The van der Waals surface area contributed by atoms with Crippen molar-refractivity contribution < 1.29 is 19.1 Å². The first-order chi connectivity index (χ1) is 18.4. The summed E-state index contributed by atoms with van der Waals surface area (Å²) in [4.78, 5) is 46.5. The molecule has 4 atom stereocenters. The lowest BCUT2D eigenvalue weighted by atomic mass is 9.76. The van der Waals surface area contributed by atoms with Crippen LogP contribution < -0.4 is 20.3 Å². The van der Waals surface area contributed by atoms with Crippen molar-refractivity contribution in [3.05, 3.63) is 88.5 Å². The highest BCUT2D eigenvalue weighted by Crippen LogP contribution is 2.54. The van der Waals surface area contributed by atoms with Crippen molar-refractivity contribution in [3.8, 4) is 5.75 Å². The first-order valence-electron chi connectivity index (χ1n) is 12.4. The van der Waals surface area contributed by atoms with Crippen LogP contribution in [0.25, 0.3) is 10.9 Å². The van der Waals surface area contributed by atoms with Gasteiger partial charge in [-0.05, 0) is 60.5 Å². The molecule has 1 aromatic heterocycles. The maximum absolute atomic E-state index is 14.2. The average Bonchev–Trinajstić information content (AvgIpc) is 3.63. The number of hydrogen-bond acceptors (Lipinski definition) is 5. The molecule has 3 aromatic carbocycles. The normalized spacial score (nSPS) is 25.8. The number of amides is 3. The summed E-state index contributed by atoms with van der Waals surface area (Å²) in [7, 11) is 1.56. The molecule has 3 aliphatic rings. The third-order valence-corrected chi connectivity index (χ3v) is 8.62. The van der Waals surface area contributed by atoms with Gasteiger partial charge in [0.25, 0.3) is 0 Å². The van der Waals surface area contributed by atoms with E-state index in [1.807, 2.05) is 48.7 Å². The minimum absolute atomic E-state index is 0.310. The largest absolute Gasteiger partial charge is 0.497 e. The lowest BCUT2D eigenvalue weighted by Gasteiger charge is -2.29. The van der Waals surface area contributed by atoms with E-state index in [9.17, 15) is 14.4 Å². The molecular weight excluding hydrogens is 548 g/mol. The second-order valence-corrected chi connectivity index (χ2v) is 10.9. The monoisotopic (exact) mass is 570 g/mol. The Morgan fingerprint density at radius 1 is 1.00 bits per heavy atom. The van der Waals surface area contributed by atoms with Crippen LogP contribution in [0.4, 0.5) is 11.4 Å². The van der Waals surface area contributed by atoms with Crippen molar-refractivity contribution in [3.63, 3.8) is 0 Å². The summed E-state index contributed by atoms with van der Waals surface area (Å²) >= 11 is 3.52. The lowest BCUT2D eigenvalue weighted by molar-refractivity contribution is -0.130. The molecule has 8 nitrogen and oxygen atoms in total. The van der Waals surface area contributed by atoms with Gasteiger partial charge in [-0.3, -0.25) is 19.7 Å². The van der Waals surface area contributed by atoms with Crippen molar-refractivity contribution in [1.29, 1.82) is 0 Å². The molecule has 1 spiro atoms. The van der Waals surface area contributed by atoms with Crippen LogP contribution in [-0.4, -0.2) is 35.9 Å². The predicted octanol–water partition coefficient (Wildman–Crippen LogP) is 4.11. The SMILES string of the molecule is COc1ccc(N2C(=O)[C@@H]3[C@H](Cc4c[nH]c5ccccc45)N[C@]4(C(=O)Nc5ccc(Br)cc54)[C@@H]3C2=O)cc1. The number of nitrogens with one attached hydrogen (secondary N) is 3. The summed E-state index contributed by atoms with van der Waals surface area (Å²) in [6.45, 7) is 0. The number of ether oxygens (including phenoxy) is 1. The standard InChI is InChI=1S/C29H23BrN4O4/c1-38-18-9-7-17(8-10-18)34-26(35)24-23(12-15-14-31-21-5-3-2-4-19(15)21)33-29(25(24)27(34)36)20-13-16(30)6-11-22(20)32-28(29)37/h2-11,13-14,23-25,31,33H,12H2,1H3,(H,32,37)/t23-,24+,25-,29-/m0/s1. The van der Waals surface area contributed by atoms with Gasteiger partial charge in [0.05, 0.1) is 24.6 Å². The lowest BCUT2D eigenvalue weighted by Crippen LogP contribution is -2.53. The van der Waals surface area contributed by atoms with Gasteiger partial charge in [-0.1, -0.05) is 34.1 Å². The Morgan fingerprint density at radius 3 is 2.58 bits per heavy atom. The molecule has 0 radical (unpaired) electrons. The summed E-state index contributed by atoms with van der Waals surface area (Å²) in [5, 5.41) is 7.53. The maximum Gasteiger partial charge on any atom is 0.250 e. The van der Waals surface area contributed by atoms with E-state index in [-0.39, 0.29) is 17.7 Å². The molecular formula is C29H23BrN4O4. The summed E-state index contributed by atoms with van der Waals surface area (Å²) in [5.74, 6) is -2.02. The molecule has 190 valence electrons. The second kappa shape index (κ2) is 8.28. The number of benzene rings is 3.